The van der Waals surface area contributed by atoms with E-state index in [1.165, 1.54) is 0 Å². The molecule has 2 aromatic carbocycles. The summed E-state index contributed by atoms with van der Waals surface area (Å²) in [6.45, 7) is 1.00. The number of aryl methyl sites for hydroxylation is 1. The van der Waals surface area contributed by atoms with E-state index in [1.807, 2.05) is 48.5 Å². The van der Waals surface area contributed by atoms with E-state index in [4.69, 9.17) is 16.3 Å². The Hall–Kier alpha value is -2.79. The summed E-state index contributed by atoms with van der Waals surface area (Å²) in [5.74, 6) is 0.728. The lowest BCUT2D eigenvalue weighted by Crippen LogP contribution is -2.25. The minimum atomic E-state index is -0.0545. The summed E-state index contributed by atoms with van der Waals surface area (Å²) in [5, 5.41) is 4.75. The molecule has 1 aromatic heterocycles. The monoisotopic (exact) mass is 369 g/mol. The van der Waals surface area contributed by atoms with E-state index < -0.39 is 0 Å². The van der Waals surface area contributed by atoms with Crippen molar-refractivity contribution in [2.45, 2.75) is 13.2 Å². The summed E-state index contributed by atoms with van der Waals surface area (Å²) in [6, 6.07) is 15.3. The molecule has 26 heavy (non-hydrogen) atoms. The van der Waals surface area contributed by atoms with Gasteiger partial charge in [0.15, 0.2) is 0 Å². The van der Waals surface area contributed by atoms with Gasteiger partial charge in [-0.1, -0.05) is 35.9 Å². The second kappa shape index (κ2) is 8.06. The van der Waals surface area contributed by atoms with Gasteiger partial charge in [-0.2, -0.15) is 5.10 Å². The van der Waals surface area contributed by atoms with Crippen LogP contribution in [0.5, 0.6) is 5.75 Å². The van der Waals surface area contributed by atoms with E-state index in [9.17, 15) is 4.79 Å². The number of rotatable bonds is 6. The molecule has 0 saturated heterocycles. The summed E-state index contributed by atoms with van der Waals surface area (Å²) in [5.41, 5.74) is 2.67. The predicted octanol–water partition coefficient (Wildman–Crippen LogP) is 3.92. The zero-order chi connectivity index (χ0) is 18.5. The van der Waals surface area contributed by atoms with Gasteiger partial charge in [0.1, 0.15) is 12.4 Å². The van der Waals surface area contributed by atoms with Gasteiger partial charge in [-0.3, -0.25) is 9.48 Å². The lowest BCUT2D eigenvalue weighted by Gasteiger charge is -2.16. The Labute approximate surface area is 157 Å². The number of ether oxygens (including phenoxy) is 1. The number of hydrogen-bond donors (Lipinski definition) is 0. The molecule has 1 heterocycles. The van der Waals surface area contributed by atoms with Crippen LogP contribution in [0, 0.1) is 0 Å². The van der Waals surface area contributed by atoms with Crippen LogP contribution in [0.1, 0.15) is 21.5 Å². The Morgan fingerprint density at radius 3 is 2.38 bits per heavy atom. The van der Waals surface area contributed by atoms with Crippen LogP contribution in [0.25, 0.3) is 0 Å². The van der Waals surface area contributed by atoms with Crippen molar-refractivity contribution in [1.29, 1.82) is 0 Å². The number of halogens is 1. The van der Waals surface area contributed by atoms with E-state index in [0.29, 0.717) is 23.7 Å². The molecule has 0 fully saturated rings. The first-order valence-electron chi connectivity index (χ1n) is 8.21. The molecule has 0 aliphatic carbocycles. The SMILES string of the molecule is CN(Cc1ccc(OCc2ccc(Cl)cc2)cc1)C(=O)c1cnn(C)c1. The molecule has 0 atom stereocenters. The number of benzene rings is 2. The lowest BCUT2D eigenvalue weighted by molar-refractivity contribution is 0.0785. The standard InChI is InChI=1S/C20H20ClN3O2/c1-23(20(25)17-11-22-24(2)13-17)12-15-5-9-19(10-6-15)26-14-16-3-7-18(21)8-4-16/h3-11,13H,12,14H2,1-2H3. The third-order valence-corrected chi connectivity index (χ3v) is 4.21. The van der Waals surface area contributed by atoms with Crippen LogP contribution in [0.2, 0.25) is 5.02 Å². The molecule has 3 rings (SSSR count). The molecule has 0 aliphatic heterocycles. The van der Waals surface area contributed by atoms with Gasteiger partial charge >= 0.3 is 0 Å². The molecule has 0 N–H and O–H groups in total. The van der Waals surface area contributed by atoms with Crippen molar-refractivity contribution in [2.24, 2.45) is 7.05 Å². The van der Waals surface area contributed by atoms with Crippen LogP contribution in [-0.4, -0.2) is 27.6 Å². The van der Waals surface area contributed by atoms with Gasteiger partial charge in [-0.15, -0.1) is 0 Å². The largest absolute Gasteiger partial charge is 0.489 e. The number of amides is 1. The number of carbonyl (C=O) groups excluding carboxylic acids is 1. The van der Waals surface area contributed by atoms with E-state index in [1.54, 1.807) is 36.1 Å². The average Bonchev–Trinajstić information content (AvgIpc) is 3.08. The van der Waals surface area contributed by atoms with Crippen molar-refractivity contribution in [2.75, 3.05) is 7.05 Å². The zero-order valence-electron chi connectivity index (χ0n) is 14.7. The minimum absolute atomic E-state index is 0.0545. The molecular weight excluding hydrogens is 350 g/mol. The Morgan fingerprint density at radius 1 is 1.12 bits per heavy atom. The van der Waals surface area contributed by atoms with Crippen LogP contribution >= 0.6 is 11.6 Å². The van der Waals surface area contributed by atoms with Crippen molar-refractivity contribution in [3.8, 4) is 5.75 Å². The van der Waals surface area contributed by atoms with E-state index in [2.05, 4.69) is 5.10 Å². The van der Waals surface area contributed by atoms with Crippen LogP contribution in [-0.2, 0) is 20.2 Å². The first-order valence-corrected chi connectivity index (χ1v) is 8.59. The van der Waals surface area contributed by atoms with Gasteiger partial charge in [-0.05, 0) is 35.4 Å². The van der Waals surface area contributed by atoms with Crippen molar-refractivity contribution in [3.05, 3.63) is 82.6 Å². The Balaban J connectivity index is 1.55. The molecular formula is C20H20ClN3O2. The maximum atomic E-state index is 12.4. The predicted molar refractivity (Wildman–Crippen MR) is 101 cm³/mol. The highest BCUT2D eigenvalue weighted by Gasteiger charge is 2.13. The summed E-state index contributed by atoms with van der Waals surface area (Å²) in [7, 11) is 3.57. The molecule has 1 amide bonds. The Bertz CT molecular complexity index is 873. The topological polar surface area (TPSA) is 47.4 Å². The normalized spacial score (nSPS) is 10.6. The van der Waals surface area contributed by atoms with Crippen molar-refractivity contribution in [1.82, 2.24) is 14.7 Å². The minimum Gasteiger partial charge on any atom is -0.489 e. The molecule has 0 aliphatic rings. The van der Waals surface area contributed by atoms with Crippen LogP contribution in [0.15, 0.2) is 60.9 Å². The van der Waals surface area contributed by atoms with Gasteiger partial charge < -0.3 is 9.64 Å². The van der Waals surface area contributed by atoms with E-state index >= 15 is 0 Å². The summed E-state index contributed by atoms with van der Waals surface area (Å²) < 4.78 is 7.40. The fraction of sp³-hybridized carbons (Fsp3) is 0.200. The number of hydrogen-bond acceptors (Lipinski definition) is 3. The fourth-order valence-corrected chi connectivity index (χ4v) is 2.66. The van der Waals surface area contributed by atoms with E-state index in [-0.39, 0.29) is 5.91 Å². The maximum Gasteiger partial charge on any atom is 0.257 e. The summed E-state index contributed by atoms with van der Waals surface area (Å²) in [4.78, 5) is 14.0. The molecule has 3 aromatic rings. The second-order valence-electron chi connectivity index (χ2n) is 6.12. The van der Waals surface area contributed by atoms with E-state index in [0.717, 1.165) is 16.9 Å². The van der Waals surface area contributed by atoms with Gasteiger partial charge in [-0.25, -0.2) is 0 Å². The second-order valence-corrected chi connectivity index (χ2v) is 6.56. The Morgan fingerprint density at radius 2 is 1.77 bits per heavy atom. The smallest absolute Gasteiger partial charge is 0.257 e. The molecule has 0 radical (unpaired) electrons. The molecule has 6 heteroatoms. The molecule has 0 bridgehead atoms. The van der Waals surface area contributed by atoms with Crippen LogP contribution in [0.4, 0.5) is 0 Å². The van der Waals surface area contributed by atoms with Crippen LogP contribution < -0.4 is 4.74 Å². The molecule has 0 spiro atoms. The highest BCUT2D eigenvalue weighted by molar-refractivity contribution is 6.30. The number of nitrogens with zero attached hydrogens (tertiary/aromatic N) is 3. The van der Waals surface area contributed by atoms with Gasteiger partial charge in [0.2, 0.25) is 0 Å². The zero-order valence-corrected chi connectivity index (χ0v) is 15.5. The molecule has 0 unspecified atom stereocenters. The highest BCUT2D eigenvalue weighted by atomic mass is 35.5. The van der Waals surface area contributed by atoms with Crippen molar-refractivity contribution >= 4 is 17.5 Å². The van der Waals surface area contributed by atoms with Crippen molar-refractivity contribution < 1.29 is 9.53 Å². The summed E-state index contributed by atoms with van der Waals surface area (Å²) >= 11 is 5.88. The maximum absolute atomic E-state index is 12.4. The third-order valence-electron chi connectivity index (χ3n) is 3.96. The average molecular weight is 370 g/mol. The molecule has 134 valence electrons. The van der Waals surface area contributed by atoms with Crippen LogP contribution in [0.3, 0.4) is 0 Å². The number of carbonyl (C=O) groups is 1. The first-order chi connectivity index (χ1) is 12.5. The van der Waals surface area contributed by atoms with Gasteiger partial charge in [0, 0.05) is 31.9 Å². The van der Waals surface area contributed by atoms with Gasteiger partial charge in [0.25, 0.3) is 5.91 Å². The lowest BCUT2D eigenvalue weighted by atomic mass is 10.2. The molecule has 5 nitrogen and oxygen atoms in total. The Kier molecular flexibility index (Phi) is 5.58. The third kappa shape index (κ3) is 4.64. The number of aromatic nitrogens is 2. The van der Waals surface area contributed by atoms with Gasteiger partial charge in [0.05, 0.1) is 11.8 Å². The fourth-order valence-electron chi connectivity index (χ4n) is 2.54. The first kappa shape index (κ1) is 18.0. The quantitative estimate of drug-likeness (QED) is 0.661. The summed E-state index contributed by atoms with van der Waals surface area (Å²) in [6.07, 6.45) is 3.29. The van der Waals surface area contributed by atoms with Crippen molar-refractivity contribution in [3.63, 3.8) is 0 Å². The molecule has 0 saturated carbocycles. The highest BCUT2D eigenvalue weighted by Crippen LogP contribution is 2.17.